The average molecular weight is 228 g/mol. The van der Waals surface area contributed by atoms with Gasteiger partial charge in [0.05, 0.1) is 12.3 Å². The summed E-state index contributed by atoms with van der Waals surface area (Å²) in [4.78, 5) is 0. The lowest BCUT2D eigenvalue weighted by Gasteiger charge is -2.22. The number of halogens is 3. The largest absolute Gasteiger partial charge is 0.389 e. The molecule has 1 aromatic rings. The summed E-state index contributed by atoms with van der Waals surface area (Å²) in [6.45, 7) is 0. The fourth-order valence-electron chi connectivity index (χ4n) is 1.74. The Morgan fingerprint density at radius 1 is 1.25 bits per heavy atom. The van der Waals surface area contributed by atoms with E-state index in [0.717, 1.165) is 11.1 Å². The van der Waals surface area contributed by atoms with Crippen molar-refractivity contribution in [3.05, 3.63) is 35.4 Å². The number of benzene rings is 1. The van der Waals surface area contributed by atoms with Crippen molar-refractivity contribution in [1.82, 2.24) is 5.43 Å². The highest BCUT2D eigenvalue weighted by Gasteiger charge is 2.29. The van der Waals surface area contributed by atoms with E-state index in [0.29, 0.717) is 0 Å². The van der Waals surface area contributed by atoms with Gasteiger partial charge in [-0.2, -0.15) is 18.3 Å². The van der Waals surface area contributed by atoms with Crippen molar-refractivity contribution >= 4 is 6.21 Å². The standard InChI is InChI=1S/C11H11F3N2/c12-11(13,14)6-5-10-9-4-2-1-3-8(9)7-15-16-10/h1-4,7,10,16H,5-6H2. The van der Waals surface area contributed by atoms with Gasteiger partial charge in [0.2, 0.25) is 0 Å². The van der Waals surface area contributed by atoms with E-state index in [9.17, 15) is 13.2 Å². The van der Waals surface area contributed by atoms with E-state index in [1.54, 1.807) is 6.21 Å². The first kappa shape index (κ1) is 11.0. The lowest BCUT2D eigenvalue weighted by Crippen LogP contribution is -2.23. The first-order valence-corrected chi connectivity index (χ1v) is 5.00. The Labute approximate surface area is 91.2 Å². The quantitative estimate of drug-likeness (QED) is 0.826. The summed E-state index contributed by atoms with van der Waals surface area (Å²) in [5, 5.41) is 3.86. The Hall–Kier alpha value is -1.52. The van der Waals surface area contributed by atoms with Gasteiger partial charge in [0, 0.05) is 6.42 Å². The highest BCUT2D eigenvalue weighted by molar-refractivity contribution is 5.82. The molecular weight excluding hydrogens is 217 g/mol. The Bertz CT molecular complexity index is 398. The van der Waals surface area contributed by atoms with E-state index in [2.05, 4.69) is 10.5 Å². The van der Waals surface area contributed by atoms with Gasteiger partial charge in [0.25, 0.3) is 0 Å². The lowest BCUT2D eigenvalue weighted by molar-refractivity contribution is -0.136. The number of hydrogen-bond acceptors (Lipinski definition) is 2. The van der Waals surface area contributed by atoms with E-state index in [-0.39, 0.29) is 12.5 Å². The van der Waals surface area contributed by atoms with Crippen LogP contribution >= 0.6 is 0 Å². The predicted octanol–water partition coefficient (Wildman–Crippen LogP) is 3.01. The van der Waals surface area contributed by atoms with Crippen LogP contribution < -0.4 is 5.43 Å². The van der Waals surface area contributed by atoms with Gasteiger partial charge in [-0.3, -0.25) is 0 Å². The zero-order valence-electron chi connectivity index (χ0n) is 8.46. The third-order valence-corrected chi connectivity index (χ3v) is 2.52. The minimum absolute atomic E-state index is 0.0118. The van der Waals surface area contributed by atoms with Crippen LogP contribution in [-0.4, -0.2) is 12.4 Å². The number of alkyl halides is 3. The summed E-state index contributed by atoms with van der Waals surface area (Å²) in [5.41, 5.74) is 4.48. The molecule has 1 aliphatic rings. The van der Waals surface area contributed by atoms with E-state index in [1.165, 1.54) is 0 Å². The van der Waals surface area contributed by atoms with Gasteiger partial charge in [-0.05, 0) is 17.5 Å². The maximum Gasteiger partial charge on any atom is 0.389 e. The highest BCUT2D eigenvalue weighted by atomic mass is 19.4. The van der Waals surface area contributed by atoms with Crippen LogP contribution in [0.4, 0.5) is 13.2 Å². The monoisotopic (exact) mass is 228 g/mol. The SMILES string of the molecule is FC(F)(F)CCC1NN=Cc2ccccc21. The van der Waals surface area contributed by atoms with Crippen molar-refractivity contribution in [2.75, 3.05) is 0 Å². The van der Waals surface area contributed by atoms with Crippen LogP contribution in [0.2, 0.25) is 0 Å². The molecule has 0 saturated carbocycles. The van der Waals surface area contributed by atoms with Gasteiger partial charge in [0.15, 0.2) is 0 Å². The van der Waals surface area contributed by atoms with Gasteiger partial charge < -0.3 is 5.43 Å². The van der Waals surface area contributed by atoms with Crippen molar-refractivity contribution in [3.8, 4) is 0 Å². The Balaban J connectivity index is 2.10. The normalized spacial score (nSPS) is 19.1. The molecule has 0 saturated heterocycles. The number of rotatable bonds is 2. The van der Waals surface area contributed by atoms with E-state index >= 15 is 0 Å². The van der Waals surface area contributed by atoms with Gasteiger partial charge >= 0.3 is 6.18 Å². The minimum Gasteiger partial charge on any atom is -0.303 e. The summed E-state index contributed by atoms with van der Waals surface area (Å²) < 4.78 is 36.4. The van der Waals surface area contributed by atoms with Crippen LogP contribution in [0.3, 0.4) is 0 Å². The molecule has 2 rings (SSSR count). The van der Waals surface area contributed by atoms with Crippen molar-refractivity contribution in [3.63, 3.8) is 0 Å². The lowest BCUT2D eigenvalue weighted by atomic mass is 9.97. The third-order valence-electron chi connectivity index (χ3n) is 2.52. The van der Waals surface area contributed by atoms with Crippen LogP contribution in [0.15, 0.2) is 29.4 Å². The summed E-state index contributed by atoms with van der Waals surface area (Å²) >= 11 is 0. The van der Waals surface area contributed by atoms with Crippen molar-refractivity contribution < 1.29 is 13.2 Å². The highest BCUT2D eigenvalue weighted by Crippen LogP contribution is 2.29. The van der Waals surface area contributed by atoms with Gasteiger partial charge in [0.1, 0.15) is 0 Å². The minimum atomic E-state index is -4.11. The molecule has 1 heterocycles. The molecule has 1 N–H and O–H groups in total. The molecule has 16 heavy (non-hydrogen) atoms. The summed E-state index contributed by atoms with van der Waals surface area (Å²) in [7, 11) is 0. The predicted molar refractivity (Wildman–Crippen MR) is 55.2 cm³/mol. The molecule has 1 atom stereocenters. The maximum atomic E-state index is 12.1. The van der Waals surface area contributed by atoms with E-state index in [1.807, 2.05) is 24.3 Å². The zero-order valence-corrected chi connectivity index (χ0v) is 8.46. The first-order valence-electron chi connectivity index (χ1n) is 5.00. The Morgan fingerprint density at radius 3 is 2.75 bits per heavy atom. The fourth-order valence-corrected chi connectivity index (χ4v) is 1.74. The van der Waals surface area contributed by atoms with Gasteiger partial charge in [-0.1, -0.05) is 24.3 Å². The van der Waals surface area contributed by atoms with Crippen LogP contribution in [0.1, 0.15) is 30.0 Å². The van der Waals surface area contributed by atoms with E-state index < -0.39 is 12.6 Å². The Kier molecular flexibility index (Phi) is 2.85. The van der Waals surface area contributed by atoms with Crippen LogP contribution in [0.5, 0.6) is 0 Å². The smallest absolute Gasteiger partial charge is 0.303 e. The van der Waals surface area contributed by atoms with Gasteiger partial charge in [-0.15, -0.1) is 0 Å². The molecule has 1 aromatic carbocycles. The molecule has 86 valence electrons. The maximum absolute atomic E-state index is 12.1. The van der Waals surface area contributed by atoms with Crippen molar-refractivity contribution in [2.45, 2.75) is 25.1 Å². The van der Waals surface area contributed by atoms with Crippen molar-refractivity contribution in [1.29, 1.82) is 0 Å². The van der Waals surface area contributed by atoms with Gasteiger partial charge in [-0.25, -0.2) is 0 Å². The number of fused-ring (bicyclic) bond motifs is 1. The molecule has 5 heteroatoms. The van der Waals surface area contributed by atoms with Crippen LogP contribution in [-0.2, 0) is 0 Å². The molecule has 0 aromatic heterocycles. The molecular formula is C11H11F3N2. The van der Waals surface area contributed by atoms with Crippen LogP contribution in [0.25, 0.3) is 0 Å². The number of hydrazone groups is 1. The molecule has 0 bridgehead atoms. The number of hydrogen-bond donors (Lipinski definition) is 1. The third kappa shape index (κ3) is 2.53. The summed E-state index contributed by atoms with van der Waals surface area (Å²) in [5.74, 6) is 0. The van der Waals surface area contributed by atoms with Crippen LogP contribution in [0, 0.1) is 0 Å². The van der Waals surface area contributed by atoms with Crippen molar-refractivity contribution in [2.24, 2.45) is 5.10 Å². The molecule has 0 spiro atoms. The second kappa shape index (κ2) is 4.15. The summed E-state index contributed by atoms with van der Waals surface area (Å²) in [6, 6.07) is 6.99. The second-order valence-electron chi connectivity index (χ2n) is 3.72. The molecule has 0 aliphatic carbocycles. The molecule has 2 nitrogen and oxygen atoms in total. The van der Waals surface area contributed by atoms with E-state index in [4.69, 9.17) is 0 Å². The zero-order chi connectivity index (χ0) is 11.6. The molecule has 1 aliphatic heterocycles. The molecule has 1 unspecified atom stereocenters. The molecule has 0 fully saturated rings. The number of nitrogens with zero attached hydrogens (tertiary/aromatic N) is 1. The first-order chi connectivity index (χ1) is 7.56. The fraction of sp³-hybridized carbons (Fsp3) is 0.364. The number of nitrogens with one attached hydrogen (secondary N) is 1. The summed E-state index contributed by atoms with van der Waals surface area (Å²) in [6.07, 6.45) is -3.27. The second-order valence-corrected chi connectivity index (χ2v) is 3.72. The Morgan fingerprint density at radius 2 is 2.00 bits per heavy atom. The average Bonchev–Trinajstić information content (AvgIpc) is 2.25. The topological polar surface area (TPSA) is 24.4 Å². The molecule has 0 radical (unpaired) electrons. The molecule has 0 amide bonds.